The van der Waals surface area contributed by atoms with Gasteiger partial charge in [0.2, 0.25) is 0 Å². The maximum Gasteiger partial charge on any atom is 0.119 e. The number of piperidine rings is 1. The first-order valence-corrected chi connectivity index (χ1v) is 8.19. The summed E-state index contributed by atoms with van der Waals surface area (Å²) in [5, 5.41) is 0. The van der Waals surface area contributed by atoms with Crippen molar-refractivity contribution in [2.24, 2.45) is 5.92 Å². The number of likely N-dealkylation sites (tertiary alicyclic amines) is 1. The van der Waals surface area contributed by atoms with E-state index in [-0.39, 0.29) is 0 Å². The van der Waals surface area contributed by atoms with Crippen LogP contribution in [-0.2, 0) is 11.8 Å². The van der Waals surface area contributed by atoms with E-state index in [2.05, 4.69) is 30.0 Å². The molecule has 0 N–H and O–H groups in total. The third-order valence-electron chi connectivity index (χ3n) is 7.01. The minimum absolute atomic E-state index is 0.511. The third-order valence-corrected chi connectivity index (χ3v) is 7.01. The minimum atomic E-state index is 0.511. The summed E-state index contributed by atoms with van der Waals surface area (Å²) in [5.74, 6) is 2.00. The van der Waals surface area contributed by atoms with Gasteiger partial charge < -0.3 is 4.74 Å². The van der Waals surface area contributed by atoms with Crippen molar-refractivity contribution in [3.05, 3.63) is 29.3 Å². The lowest BCUT2D eigenvalue weighted by atomic mass is 9.32. The quantitative estimate of drug-likeness (QED) is 0.818. The maximum atomic E-state index is 5.49. The molecule has 1 aliphatic heterocycles. The molecule has 1 aromatic rings. The molecule has 2 saturated carbocycles. The molecule has 3 aliphatic carbocycles. The molecule has 1 aromatic carbocycles. The van der Waals surface area contributed by atoms with Gasteiger partial charge in [-0.3, -0.25) is 4.90 Å². The van der Waals surface area contributed by atoms with Gasteiger partial charge in [0, 0.05) is 22.9 Å². The molecular weight excluding hydrogens is 246 g/mol. The van der Waals surface area contributed by atoms with Crippen molar-refractivity contribution in [3.63, 3.8) is 0 Å². The Morgan fingerprint density at radius 2 is 2.25 bits per heavy atom. The largest absolute Gasteiger partial charge is 0.497 e. The van der Waals surface area contributed by atoms with Crippen LogP contribution < -0.4 is 4.74 Å². The highest BCUT2D eigenvalue weighted by atomic mass is 16.5. The highest BCUT2D eigenvalue weighted by Gasteiger charge is 2.78. The van der Waals surface area contributed by atoms with E-state index in [1.807, 2.05) is 0 Å². The van der Waals surface area contributed by atoms with E-state index in [1.165, 1.54) is 38.6 Å². The number of likely N-dealkylation sites (N-methyl/N-ethyl adjacent to an activating group) is 1. The summed E-state index contributed by atoms with van der Waals surface area (Å²) in [6, 6.07) is 7.67. The van der Waals surface area contributed by atoms with Crippen LogP contribution in [0.2, 0.25) is 0 Å². The van der Waals surface area contributed by atoms with Gasteiger partial charge in [0.15, 0.2) is 0 Å². The van der Waals surface area contributed by atoms with E-state index < -0.39 is 0 Å². The van der Waals surface area contributed by atoms with Gasteiger partial charge in [-0.2, -0.15) is 0 Å². The number of benzene rings is 1. The molecule has 20 heavy (non-hydrogen) atoms. The topological polar surface area (TPSA) is 12.5 Å². The fourth-order valence-electron chi connectivity index (χ4n) is 6.65. The van der Waals surface area contributed by atoms with Crippen LogP contribution in [0.5, 0.6) is 5.75 Å². The zero-order valence-electron chi connectivity index (χ0n) is 12.5. The van der Waals surface area contributed by atoms with Crippen LogP contribution in [0.4, 0.5) is 0 Å². The van der Waals surface area contributed by atoms with Crippen molar-refractivity contribution in [1.82, 2.24) is 4.90 Å². The van der Waals surface area contributed by atoms with Gasteiger partial charge in [-0.05, 0) is 55.5 Å². The number of hydrogen-bond donors (Lipinski definition) is 0. The average Bonchev–Trinajstić information content (AvgIpc) is 2.46. The van der Waals surface area contributed by atoms with Gasteiger partial charge in [0.1, 0.15) is 5.75 Å². The Kier molecular flexibility index (Phi) is 1.98. The molecule has 4 atom stereocenters. The monoisotopic (exact) mass is 269 g/mol. The summed E-state index contributed by atoms with van der Waals surface area (Å²) in [6.45, 7) is 3.59. The van der Waals surface area contributed by atoms with Crippen molar-refractivity contribution in [3.8, 4) is 5.75 Å². The fraction of sp³-hybridized carbons (Fsp3) is 0.667. The molecule has 0 aromatic heterocycles. The lowest BCUT2D eigenvalue weighted by Crippen LogP contribution is -2.89. The van der Waals surface area contributed by atoms with Crippen LogP contribution in [-0.4, -0.2) is 30.1 Å². The molecular formula is C18H23NO. The number of ether oxygens (including phenoxy) is 1. The molecule has 1 saturated heterocycles. The van der Waals surface area contributed by atoms with Crippen LogP contribution in [0.15, 0.2) is 18.2 Å². The summed E-state index contributed by atoms with van der Waals surface area (Å²) in [7, 11) is 1.79. The molecule has 106 valence electrons. The highest BCUT2D eigenvalue weighted by molar-refractivity contribution is 5.52. The summed E-state index contributed by atoms with van der Waals surface area (Å²) in [6.07, 6.45) is 6.95. The Bertz CT molecular complexity index is 597. The van der Waals surface area contributed by atoms with Crippen LogP contribution in [0.25, 0.3) is 0 Å². The number of methoxy groups -OCH3 is 1. The Hall–Kier alpha value is -1.02. The Balaban J connectivity index is 1.67. The van der Waals surface area contributed by atoms with Crippen LogP contribution in [0.3, 0.4) is 0 Å². The molecule has 2 heteroatoms. The van der Waals surface area contributed by atoms with Crippen molar-refractivity contribution in [1.29, 1.82) is 0 Å². The average molecular weight is 269 g/mol. The summed E-state index contributed by atoms with van der Waals surface area (Å²) >= 11 is 0. The number of hydrogen-bond acceptors (Lipinski definition) is 2. The van der Waals surface area contributed by atoms with Crippen LogP contribution in [0, 0.1) is 5.92 Å². The Morgan fingerprint density at radius 1 is 1.35 bits per heavy atom. The molecule has 3 fully saturated rings. The van der Waals surface area contributed by atoms with Gasteiger partial charge in [0.05, 0.1) is 7.11 Å². The normalized spacial score (nSPS) is 43.9. The van der Waals surface area contributed by atoms with Crippen molar-refractivity contribution < 1.29 is 4.74 Å². The van der Waals surface area contributed by atoms with Gasteiger partial charge in [-0.1, -0.05) is 19.4 Å². The SMILES string of the molecule is CCN1[C@H]2Cc3ccc(OC)cc3[C@@]34CCC[C@@]1(C3)C24. The third kappa shape index (κ3) is 0.996. The highest BCUT2D eigenvalue weighted by Crippen LogP contribution is 2.75. The first kappa shape index (κ1) is 11.6. The molecule has 2 spiro atoms. The first-order valence-electron chi connectivity index (χ1n) is 8.19. The zero-order valence-corrected chi connectivity index (χ0v) is 12.5. The number of fused-ring (bicyclic) bond motifs is 1. The molecule has 4 aliphatic rings. The van der Waals surface area contributed by atoms with Gasteiger partial charge >= 0.3 is 0 Å². The Morgan fingerprint density at radius 3 is 3.05 bits per heavy atom. The zero-order chi connectivity index (χ0) is 13.5. The summed E-state index contributed by atoms with van der Waals surface area (Å²) in [5.41, 5.74) is 4.35. The van der Waals surface area contributed by atoms with E-state index in [4.69, 9.17) is 4.74 Å². The second-order valence-electron chi connectivity index (χ2n) is 7.35. The van der Waals surface area contributed by atoms with E-state index in [9.17, 15) is 0 Å². The maximum absolute atomic E-state index is 5.49. The molecule has 0 radical (unpaired) electrons. The summed E-state index contributed by atoms with van der Waals surface area (Å²) < 4.78 is 5.49. The lowest BCUT2D eigenvalue weighted by Gasteiger charge is -2.83. The summed E-state index contributed by atoms with van der Waals surface area (Å²) in [4.78, 5) is 2.84. The van der Waals surface area contributed by atoms with Gasteiger partial charge in [-0.25, -0.2) is 0 Å². The fourth-order valence-corrected chi connectivity index (χ4v) is 6.65. The van der Waals surface area contributed by atoms with E-state index in [0.29, 0.717) is 11.0 Å². The van der Waals surface area contributed by atoms with Gasteiger partial charge in [-0.15, -0.1) is 0 Å². The second-order valence-corrected chi connectivity index (χ2v) is 7.35. The smallest absolute Gasteiger partial charge is 0.119 e. The molecule has 1 unspecified atom stereocenters. The molecule has 0 amide bonds. The standard InChI is InChI=1S/C18H23NO/c1-3-19-15-9-12-5-6-13(20-2)10-14(12)17-7-4-8-18(19,11-17)16(15)17/h5-6,10,15-16H,3-4,7-9,11H2,1-2H3/t15-,16?,17+,18+/m0/s1. The second kappa shape index (κ2) is 3.41. The van der Waals surface area contributed by atoms with Crippen LogP contribution in [0.1, 0.15) is 43.7 Å². The predicted octanol–water partition coefficient (Wildman–Crippen LogP) is 3.14. The van der Waals surface area contributed by atoms with Crippen molar-refractivity contribution in [2.45, 2.75) is 56.0 Å². The number of nitrogens with zero attached hydrogens (tertiary/aromatic N) is 1. The van der Waals surface area contributed by atoms with E-state index >= 15 is 0 Å². The minimum Gasteiger partial charge on any atom is -0.497 e. The van der Waals surface area contributed by atoms with Crippen molar-refractivity contribution >= 4 is 0 Å². The Labute approximate surface area is 121 Å². The van der Waals surface area contributed by atoms with E-state index in [0.717, 1.165) is 17.7 Å². The molecule has 2 bridgehead atoms. The van der Waals surface area contributed by atoms with Crippen LogP contribution >= 0.6 is 0 Å². The molecule has 2 nitrogen and oxygen atoms in total. The van der Waals surface area contributed by atoms with Gasteiger partial charge in [0.25, 0.3) is 0 Å². The van der Waals surface area contributed by atoms with E-state index in [1.54, 1.807) is 18.2 Å². The number of rotatable bonds is 2. The molecule has 1 heterocycles. The molecule has 5 rings (SSSR count). The first-order chi connectivity index (χ1) is 9.75. The predicted molar refractivity (Wildman–Crippen MR) is 79.2 cm³/mol. The van der Waals surface area contributed by atoms with Crippen molar-refractivity contribution in [2.75, 3.05) is 13.7 Å². The lowest BCUT2D eigenvalue weighted by molar-refractivity contribution is -0.283.